The van der Waals surface area contributed by atoms with Crippen molar-refractivity contribution in [2.24, 2.45) is 0 Å². The summed E-state index contributed by atoms with van der Waals surface area (Å²) in [5.41, 5.74) is -0.499. The fourth-order valence-electron chi connectivity index (χ4n) is 1.26. The number of Topliss-reactive ketones (excluding diaryl/α,β-unsaturated/α-hetero) is 1. The molecule has 106 valence electrons. The zero-order valence-corrected chi connectivity index (χ0v) is 11.5. The Balaban J connectivity index is 2.98. The molecular weight excluding hydrogens is 332 g/mol. The minimum atomic E-state index is -4.69. The van der Waals surface area contributed by atoms with Gasteiger partial charge in [0.1, 0.15) is 5.75 Å². The third kappa shape index (κ3) is 3.68. The summed E-state index contributed by atoms with van der Waals surface area (Å²) in [4.78, 5) is 11.3. The molecule has 2 nitrogen and oxygen atoms in total. The van der Waals surface area contributed by atoms with Crippen molar-refractivity contribution >= 4 is 21.7 Å². The lowest BCUT2D eigenvalue weighted by molar-refractivity contribution is -0.0958. The van der Waals surface area contributed by atoms with E-state index in [-0.39, 0.29) is 4.47 Å². The number of alkyl halides is 4. The van der Waals surface area contributed by atoms with Crippen LogP contribution < -0.4 is 4.74 Å². The first-order chi connectivity index (χ1) is 8.80. The van der Waals surface area contributed by atoms with Gasteiger partial charge in [0.05, 0.1) is 11.1 Å². The predicted octanol–water partition coefficient (Wildman–Crippen LogP) is 4.32. The molecule has 0 aromatic heterocycles. The summed E-state index contributed by atoms with van der Waals surface area (Å²) in [5, 5.41) is 0. The molecular formula is C12H11BrF4O2. The maximum Gasteiger partial charge on any atom is 0.368 e. The monoisotopic (exact) mass is 342 g/mol. The van der Waals surface area contributed by atoms with Crippen LogP contribution >= 0.6 is 15.9 Å². The van der Waals surface area contributed by atoms with Gasteiger partial charge in [0.2, 0.25) is 5.78 Å². The molecule has 0 atom stereocenters. The van der Waals surface area contributed by atoms with Gasteiger partial charge in [-0.3, -0.25) is 4.79 Å². The van der Waals surface area contributed by atoms with E-state index >= 15 is 0 Å². The first-order valence-corrected chi connectivity index (χ1v) is 6.23. The van der Waals surface area contributed by atoms with E-state index in [0.717, 1.165) is 18.6 Å². The van der Waals surface area contributed by atoms with Gasteiger partial charge in [-0.2, -0.15) is 8.78 Å². The zero-order valence-electron chi connectivity index (χ0n) is 9.93. The SMILES string of the molecule is CCCOc1ccc(C(=O)C(F)(F)C(F)F)cc1Br. The standard InChI is InChI=1S/C12H11BrF4O2/c1-2-5-19-9-4-3-7(6-8(9)13)10(18)12(16,17)11(14)15/h3-4,6,11H,2,5H2,1H3. The van der Waals surface area contributed by atoms with Gasteiger partial charge in [0.15, 0.2) is 0 Å². The van der Waals surface area contributed by atoms with E-state index in [4.69, 9.17) is 4.74 Å². The molecule has 0 unspecified atom stereocenters. The molecule has 7 heteroatoms. The summed E-state index contributed by atoms with van der Waals surface area (Å²) in [6.45, 7) is 2.30. The Labute approximate surface area is 115 Å². The Bertz CT molecular complexity index is 463. The molecule has 0 radical (unpaired) electrons. The van der Waals surface area contributed by atoms with Gasteiger partial charge in [-0.15, -0.1) is 0 Å². The van der Waals surface area contributed by atoms with E-state index in [2.05, 4.69) is 15.9 Å². The van der Waals surface area contributed by atoms with Crippen molar-refractivity contribution < 1.29 is 27.1 Å². The number of carbonyl (C=O) groups is 1. The number of carbonyl (C=O) groups excluding carboxylic acids is 1. The second-order valence-electron chi connectivity index (χ2n) is 3.75. The largest absolute Gasteiger partial charge is 0.492 e. The maximum absolute atomic E-state index is 12.9. The van der Waals surface area contributed by atoms with Crippen LogP contribution in [0.5, 0.6) is 5.75 Å². The quantitative estimate of drug-likeness (QED) is 0.568. The van der Waals surface area contributed by atoms with Gasteiger partial charge in [-0.25, -0.2) is 8.78 Å². The molecule has 1 aromatic rings. The van der Waals surface area contributed by atoms with E-state index in [1.165, 1.54) is 6.07 Å². The highest BCUT2D eigenvalue weighted by Gasteiger charge is 2.49. The van der Waals surface area contributed by atoms with E-state index in [9.17, 15) is 22.4 Å². The van der Waals surface area contributed by atoms with Crippen LogP contribution in [0.15, 0.2) is 22.7 Å². The van der Waals surface area contributed by atoms with Gasteiger partial charge in [-0.05, 0) is 40.5 Å². The van der Waals surface area contributed by atoms with Crippen LogP contribution in [0.2, 0.25) is 0 Å². The molecule has 1 aromatic carbocycles. The Morgan fingerprint density at radius 2 is 2.05 bits per heavy atom. The average Bonchev–Trinajstić information content (AvgIpc) is 2.36. The Kier molecular flexibility index (Phi) is 5.34. The first kappa shape index (κ1) is 15.9. The topological polar surface area (TPSA) is 26.3 Å². The van der Waals surface area contributed by atoms with Crippen LogP contribution in [-0.4, -0.2) is 24.7 Å². The van der Waals surface area contributed by atoms with Crippen LogP contribution in [0.4, 0.5) is 17.6 Å². The summed E-state index contributed by atoms with van der Waals surface area (Å²) in [6, 6.07) is 3.37. The predicted molar refractivity (Wildman–Crippen MR) is 65.2 cm³/mol. The Morgan fingerprint density at radius 3 is 2.53 bits per heavy atom. The summed E-state index contributed by atoms with van der Waals surface area (Å²) >= 11 is 3.04. The van der Waals surface area contributed by atoms with Gasteiger partial charge in [0, 0.05) is 5.56 Å². The lowest BCUT2D eigenvalue weighted by Gasteiger charge is -2.14. The number of halogens is 5. The van der Waals surface area contributed by atoms with Crippen molar-refractivity contribution in [1.29, 1.82) is 0 Å². The van der Waals surface area contributed by atoms with Gasteiger partial charge < -0.3 is 4.74 Å². The number of ether oxygens (including phenoxy) is 1. The Morgan fingerprint density at radius 1 is 1.42 bits per heavy atom. The molecule has 0 bridgehead atoms. The molecule has 0 aliphatic carbocycles. The van der Waals surface area contributed by atoms with Crippen molar-refractivity contribution in [3.05, 3.63) is 28.2 Å². The second-order valence-corrected chi connectivity index (χ2v) is 4.60. The number of rotatable bonds is 6. The first-order valence-electron chi connectivity index (χ1n) is 5.43. The number of hydrogen-bond donors (Lipinski definition) is 0. The average molecular weight is 343 g/mol. The molecule has 0 amide bonds. The fourth-order valence-corrected chi connectivity index (χ4v) is 1.76. The van der Waals surface area contributed by atoms with Crippen molar-refractivity contribution in [1.82, 2.24) is 0 Å². The van der Waals surface area contributed by atoms with Crippen LogP contribution in [0.3, 0.4) is 0 Å². The van der Waals surface area contributed by atoms with Gasteiger partial charge >= 0.3 is 12.3 Å². The highest BCUT2D eigenvalue weighted by atomic mass is 79.9. The molecule has 0 aliphatic rings. The number of benzene rings is 1. The molecule has 0 N–H and O–H groups in total. The molecule has 0 saturated carbocycles. The lowest BCUT2D eigenvalue weighted by Crippen LogP contribution is -2.36. The van der Waals surface area contributed by atoms with Crippen molar-refractivity contribution in [2.45, 2.75) is 25.7 Å². The summed E-state index contributed by atoms with van der Waals surface area (Å²) in [7, 11) is 0. The highest BCUT2D eigenvalue weighted by Crippen LogP contribution is 2.31. The molecule has 19 heavy (non-hydrogen) atoms. The Hall–Kier alpha value is -1.11. The van der Waals surface area contributed by atoms with Crippen LogP contribution in [-0.2, 0) is 0 Å². The molecule has 0 spiro atoms. The van der Waals surface area contributed by atoms with Crippen LogP contribution in [0.25, 0.3) is 0 Å². The smallest absolute Gasteiger partial charge is 0.368 e. The van der Waals surface area contributed by atoms with Gasteiger partial charge in [0.25, 0.3) is 0 Å². The van der Waals surface area contributed by atoms with Crippen molar-refractivity contribution in [3.8, 4) is 5.75 Å². The van der Waals surface area contributed by atoms with Crippen LogP contribution in [0, 0.1) is 0 Å². The molecule has 0 heterocycles. The molecule has 0 fully saturated rings. The normalized spacial score (nSPS) is 11.7. The fraction of sp³-hybridized carbons (Fsp3) is 0.417. The molecule has 0 saturated heterocycles. The number of hydrogen-bond acceptors (Lipinski definition) is 2. The van der Waals surface area contributed by atoms with Crippen molar-refractivity contribution in [2.75, 3.05) is 6.61 Å². The highest BCUT2D eigenvalue weighted by molar-refractivity contribution is 9.10. The maximum atomic E-state index is 12.9. The van der Waals surface area contributed by atoms with E-state index < -0.39 is 23.7 Å². The zero-order chi connectivity index (χ0) is 14.6. The van der Waals surface area contributed by atoms with Crippen LogP contribution in [0.1, 0.15) is 23.7 Å². The lowest BCUT2D eigenvalue weighted by atomic mass is 10.1. The summed E-state index contributed by atoms with van der Waals surface area (Å²) in [6.07, 6.45) is -3.29. The van der Waals surface area contributed by atoms with Gasteiger partial charge in [-0.1, -0.05) is 6.92 Å². The third-order valence-corrected chi connectivity index (χ3v) is 2.85. The number of ketones is 1. The van der Waals surface area contributed by atoms with E-state index in [0.29, 0.717) is 12.4 Å². The molecule has 0 aliphatic heterocycles. The van der Waals surface area contributed by atoms with E-state index in [1.54, 1.807) is 0 Å². The molecule has 1 rings (SSSR count). The minimum Gasteiger partial charge on any atom is -0.492 e. The van der Waals surface area contributed by atoms with Crippen molar-refractivity contribution in [3.63, 3.8) is 0 Å². The minimum absolute atomic E-state index is 0.261. The summed E-state index contributed by atoms with van der Waals surface area (Å²) < 4.78 is 55.5. The van der Waals surface area contributed by atoms with E-state index in [1.807, 2.05) is 6.92 Å². The summed E-state index contributed by atoms with van der Waals surface area (Å²) in [5.74, 6) is -6.24. The second kappa shape index (κ2) is 6.36. The third-order valence-electron chi connectivity index (χ3n) is 2.23.